The third kappa shape index (κ3) is 3.25. The number of aromatic nitrogens is 1. The van der Waals surface area contributed by atoms with E-state index in [1.807, 2.05) is 18.3 Å². The molecule has 2 aliphatic rings. The molecule has 4 nitrogen and oxygen atoms in total. The van der Waals surface area contributed by atoms with Crippen molar-refractivity contribution in [2.45, 2.75) is 57.4 Å². The second-order valence-electron chi connectivity index (χ2n) is 5.53. The Bertz CT molecular complexity index is 420. The van der Waals surface area contributed by atoms with Crippen LogP contribution in [0, 0.1) is 0 Å². The molecule has 3 rings (SSSR count). The van der Waals surface area contributed by atoms with Crippen molar-refractivity contribution in [1.82, 2.24) is 10.3 Å². The standard InChI is InChI=1S/C15H22N2O2/c1-11-14(6-8-18-11)17-10-12-5-7-16-15(9-12)19-13-3-2-4-13/h5,7,9,11,13-14,17H,2-4,6,8,10H2,1H3/t11-,14-/m1/s1. The molecule has 1 aliphatic heterocycles. The summed E-state index contributed by atoms with van der Waals surface area (Å²) in [7, 11) is 0. The molecule has 0 bridgehead atoms. The number of hydrogen-bond donors (Lipinski definition) is 1. The monoisotopic (exact) mass is 262 g/mol. The smallest absolute Gasteiger partial charge is 0.213 e. The zero-order valence-electron chi connectivity index (χ0n) is 11.5. The summed E-state index contributed by atoms with van der Waals surface area (Å²) >= 11 is 0. The summed E-state index contributed by atoms with van der Waals surface area (Å²) in [5.74, 6) is 0.764. The minimum atomic E-state index is 0.313. The van der Waals surface area contributed by atoms with Crippen LogP contribution >= 0.6 is 0 Å². The first kappa shape index (κ1) is 12.9. The zero-order chi connectivity index (χ0) is 13.1. The van der Waals surface area contributed by atoms with Gasteiger partial charge in [-0.3, -0.25) is 0 Å². The molecule has 1 aliphatic carbocycles. The highest BCUT2D eigenvalue weighted by atomic mass is 16.5. The Kier molecular flexibility index (Phi) is 3.99. The molecule has 0 unspecified atom stereocenters. The van der Waals surface area contributed by atoms with Crippen molar-refractivity contribution in [2.24, 2.45) is 0 Å². The summed E-state index contributed by atoms with van der Waals surface area (Å²) in [5, 5.41) is 3.55. The molecule has 104 valence electrons. The molecule has 19 heavy (non-hydrogen) atoms. The van der Waals surface area contributed by atoms with Gasteiger partial charge in [0.1, 0.15) is 6.10 Å². The van der Waals surface area contributed by atoms with Gasteiger partial charge in [0.2, 0.25) is 5.88 Å². The Morgan fingerprint density at radius 3 is 3.00 bits per heavy atom. The molecule has 0 amide bonds. The van der Waals surface area contributed by atoms with Gasteiger partial charge in [-0.25, -0.2) is 4.98 Å². The van der Waals surface area contributed by atoms with Gasteiger partial charge in [0.05, 0.1) is 6.10 Å². The third-order valence-corrected chi connectivity index (χ3v) is 4.08. The van der Waals surface area contributed by atoms with Crippen LogP contribution < -0.4 is 10.1 Å². The molecule has 4 heteroatoms. The Morgan fingerprint density at radius 2 is 2.32 bits per heavy atom. The van der Waals surface area contributed by atoms with Gasteiger partial charge in [-0.2, -0.15) is 0 Å². The Labute approximate surface area is 114 Å². The van der Waals surface area contributed by atoms with E-state index in [-0.39, 0.29) is 0 Å². The van der Waals surface area contributed by atoms with Crippen LogP contribution in [0.2, 0.25) is 0 Å². The van der Waals surface area contributed by atoms with Crippen LogP contribution in [0.4, 0.5) is 0 Å². The van der Waals surface area contributed by atoms with E-state index in [1.165, 1.54) is 24.8 Å². The van der Waals surface area contributed by atoms with E-state index in [9.17, 15) is 0 Å². The molecular formula is C15H22N2O2. The number of ether oxygens (including phenoxy) is 2. The number of nitrogens with one attached hydrogen (secondary N) is 1. The second kappa shape index (κ2) is 5.88. The first-order valence-electron chi connectivity index (χ1n) is 7.28. The minimum absolute atomic E-state index is 0.313. The van der Waals surface area contributed by atoms with Gasteiger partial charge in [-0.05, 0) is 44.2 Å². The Hall–Kier alpha value is -1.13. The van der Waals surface area contributed by atoms with Crippen molar-refractivity contribution in [2.75, 3.05) is 6.61 Å². The molecule has 2 fully saturated rings. The van der Waals surface area contributed by atoms with Gasteiger partial charge in [0.15, 0.2) is 0 Å². The maximum absolute atomic E-state index is 5.82. The lowest BCUT2D eigenvalue weighted by molar-refractivity contribution is 0.112. The van der Waals surface area contributed by atoms with Crippen molar-refractivity contribution in [3.8, 4) is 5.88 Å². The average molecular weight is 262 g/mol. The van der Waals surface area contributed by atoms with Crippen LogP contribution in [-0.2, 0) is 11.3 Å². The quantitative estimate of drug-likeness (QED) is 0.884. The van der Waals surface area contributed by atoms with Gasteiger partial charge >= 0.3 is 0 Å². The van der Waals surface area contributed by atoms with E-state index in [1.54, 1.807) is 0 Å². The summed E-state index contributed by atoms with van der Waals surface area (Å²) in [6.07, 6.45) is 7.25. The lowest BCUT2D eigenvalue weighted by Crippen LogP contribution is -2.34. The van der Waals surface area contributed by atoms with E-state index >= 15 is 0 Å². The Morgan fingerprint density at radius 1 is 1.42 bits per heavy atom. The topological polar surface area (TPSA) is 43.4 Å². The molecule has 2 heterocycles. The minimum Gasteiger partial charge on any atom is -0.474 e. The van der Waals surface area contributed by atoms with Gasteiger partial charge in [0.25, 0.3) is 0 Å². The number of hydrogen-bond acceptors (Lipinski definition) is 4. The van der Waals surface area contributed by atoms with Gasteiger partial charge in [-0.1, -0.05) is 0 Å². The van der Waals surface area contributed by atoms with Crippen LogP contribution in [0.25, 0.3) is 0 Å². The summed E-state index contributed by atoms with van der Waals surface area (Å²) in [4.78, 5) is 4.28. The molecule has 2 atom stereocenters. The number of pyridine rings is 1. The maximum atomic E-state index is 5.82. The molecule has 1 aromatic heterocycles. The van der Waals surface area contributed by atoms with Crippen molar-refractivity contribution in [3.63, 3.8) is 0 Å². The molecule has 0 radical (unpaired) electrons. The predicted octanol–water partition coefficient (Wildman–Crippen LogP) is 2.28. The maximum Gasteiger partial charge on any atom is 0.213 e. The van der Waals surface area contributed by atoms with Crippen LogP contribution in [0.15, 0.2) is 18.3 Å². The highest BCUT2D eigenvalue weighted by molar-refractivity contribution is 5.20. The van der Waals surface area contributed by atoms with E-state index in [4.69, 9.17) is 9.47 Å². The average Bonchev–Trinajstić information content (AvgIpc) is 2.78. The van der Waals surface area contributed by atoms with E-state index < -0.39 is 0 Å². The van der Waals surface area contributed by atoms with Gasteiger partial charge < -0.3 is 14.8 Å². The van der Waals surface area contributed by atoms with Crippen LogP contribution in [0.3, 0.4) is 0 Å². The highest BCUT2D eigenvalue weighted by Gasteiger charge is 2.23. The fraction of sp³-hybridized carbons (Fsp3) is 0.667. The van der Waals surface area contributed by atoms with E-state index in [0.717, 1.165) is 25.5 Å². The molecule has 1 saturated heterocycles. The molecular weight excluding hydrogens is 240 g/mol. The largest absolute Gasteiger partial charge is 0.474 e. The van der Waals surface area contributed by atoms with Crippen LogP contribution in [-0.4, -0.2) is 29.8 Å². The molecule has 1 aromatic rings. The summed E-state index contributed by atoms with van der Waals surface area (Å²) in [6, 6.07) is 4.55. The van der Waals surface area contributed by atoms with Crippen LogP contribution in [0.1, 0.15) is 38.2 Å². The number of nitrogens with zero attached hydrogens (tertiary/aromatic N) is 1. The van der Waals surface area contributed by atoms with Crippen molar-refractivity contribution in [1.29, 1.82) is 0 Å². The summed E-state index contributed by atoms with van der Waals surface area (Å²) in [5.41, 5.74) is 1.23. The van der Waals surface area contributed by atoms with Gasteiger partial charge in [0, 0.05) is 31.5 Å². The summed E-state index contributed by atoms with van der Waals surface area (Å²) in [6.45, 7) is 3.84. The lowest BCUT2D eigenvalue weighted by Gasteiger charge is -2.25. The van der Waals surface area contributed by atoms with Crippen molar-refractivity contribution < 1.29 is 9.47 Å². The fourth-order valence-electron chi connectivity index (χ4n) is 2.53. The van der Waals surface area contributed by atoms with E-state index in [0.29, 0.717) is 18.2 Å². The molecule has 0 spiro atoms. The van der Waals surface area contributed by atoms with Crippen molar-refractivity contribution >= 4 is 0 Å². The number of rotatable bonds is 5. The van der Waals surface area contributed by atoms with Crippen LogP contribution in [0.5, 0.6) is 5.88 Å². The fourth-order valence-corrected chi connectivity index (χ4v) is 2.53. The summed E-state index contributed by atoms with van der Waals surface area (Å²) < 4.78 is 11.4. The zero-order valence-corrected chi connectivity index (χ0v) is 11.5. The highest BCUT2D eigenvalue weighted by Crippen LogP contribution is 2.24. The first-order valence-corrected chi connectivity index (χ1v) is 7.28. The SMILES string of the molecule is C[C@H]1OCC[C@H]1NCc1ccnc(OC2CCC2)c1. The lowest BCUT2D eigenvalue weighted by atomic mass is 9.96. The second-order valence-corrected chi connectivity index (χ2v) is 5.53. The van der Waals surface area contributed by atoms with Gasteiger partial charge in [-0.15, -0.1) is 0 Å². The predicted molar refractivity (Wildman–Crippen MR) is 73.2 cm³/mol. The third-order valence-electron chi connectivity index (χ3n) is 4.08. The van der Waals surface area contributed by atoms with Crippen molar-refractivity contribution in [3.05, 3.63) is 23.9 Å². The molecule has 1 N–H and O–H groups in total. The molecule has 1 saturated carbocycles. The van der Waals surface area contributed by atoms with E-state index in [2.05, 4.69) is 17.2 Å². The Balaban J connectivity index is 1.53. The molecule has 0 aromatic carbocycles. The first-order chi connectivity index (χ1) is 9.31. The normalized spacial score (nSPS) is 27.2.